The lowest BCUT2D eigenvalue weighted by Gasteiger charge is -2.20. The van der Waals surface area contributed by atoms with E-state index in [0.29, 0.717) is 44.4 Å². The van der Waals surface area contributed by atoms with Gasteiger partial charge in [-0.25, -0.2) is 9.37 Å². The van der Waals surface area contributed by atoms with Crippen molar-refractivity contribution in [3.8, 4) is 0 Å². The van der Waals surface area contributed by atoms with Gasteiger partial charge < -0.3 is 20.3 Å². The lowest BCUT2D eigenvalue weighted by Crippen LogP contribution is -2.44. The second kappa shape index (κ2) is 10.3. The lowest BCUT2D eigenvalue weighted by molar-refractivity contribution is -0.173. The molecular formula is C17H25F4N5O. The van der Waals surface area contributed by atoms with E-state index in [1.54, 1.807) is 12.3 Å². The molecule has 1 aromatic heterocycles. The van der Waals surface area contributed by atoms with E-state index in [2.05, 4.69) is 25.3 Å². The average Bonchev–Trinajstić information content (AvgIpc) is 3.06. The molecule has 0 amide bonds. The molecule has 0 spiro atoms. The zero-order valence-corrected chi connectivity index (χ0v) is 15.2. The number of hydrogen-bond acceptors (Lipinski definition) is 4. The molecule has 6 nitrogen and oxygen atoms in total. The third kappa shape index (κ3) is 7.58. The van der Waals surface area contributed by atoms with Gasteiger partial charge >= 0.3 is 6.18 Å². The number of guanidine groups is 1. The highest BCUT2D eigenvalue weighted by molar-refractivity contribution is 5.80. The summed E-state index contributed by atoms with van der Waals surface area (Å²) >= 11 is 0. The second-order valence-electron chi connectivity index (χ2n) is 6.17. The summed E-state index contributed by atoms with van der Waals surface area (Å²) in [5.74, 6) is 0.574. The van der Waals surface area contributed by atoms with Gasteiger partial charge in [-0.2, -0.15) is 13.2 Å². The number of aliphatic imine (C=N–C) groups is 1. The molecule has 0 bridgehead atoms. The summed E-state index contributed by atoms with van der Waals surface area (Å²) in [6, 6.07) is 3.01. The average molecular weight is 391 g/mol. The first-order chi connectivity index (χ1) is 12.9. The van der Waals surface area contributed by atoms with Gasteiger partial charge in [-0.3, -0.25) is 4.99 Å². The predicted molar refractivity (Wildman–Crippen MR) is 95.4 cm³/mol. The van der Waals surface area contributed by atoms with E-state index in [1.807, 2.05) is 11.8 Å². The smallest absolute Gasteiger partial charge is 0.372 e. The molecule has 152 valence electrons. The number of ether oxygens (including phenoxy) is 1. The number of alkyl halides is 3. The quantitative estimate of drug-likeness (QED) is 0.308. The molecule has 2 heterocycles. The van der Waals surface area contributed by atoms with E-state index in [1.165, 1.54) is 6.07 Å². The largest absolute Gasteiger partial charge is 0.411 e. The van der Waals surface area contributed by atoms with Crippen molar-refractivity contribution in [3.05, 3.63) is 24.1 Å². The molecule has 10 heteroatoms. The summed E-state index contributed by atoms with van der Waals surface area (Å²) in [5.41, 5.74) is 0. The highest BCUT2D eigenvalue weighted by Crippen LogP contribution is 2.20. The number of halogens is 4. The number of nitrogens with one attached hydrogen (secondary N) is 2. The Hall–Kier alpha value is -2.10. The van der Waals surface area contributed by atoms with Gasteiger partial charge in [0.15, 0.2) is 17.6 Å². The molecule has 1 fully saturated rings. The van der Waals surface area contributed by atoms with Crippen molar-refractivity contribution in [2.75, 3.05) is 44.3 Å². The summed E-state index contributed by atoms with van der Waals surface area (Å²) in [5, 5.41) is 6.38. The molecule has 1 aliphatic rings. The molecule has 0 aliphatic carbocycles. The molecule has 2 N–H and O–H groups in total. The fourth-order valence-electron chi connectivity index (χ4n) is 2.74. The monoisotopic (exact) mass is 391 g/mol. The maximum absolute atomic E-state index is 13.9. The van der Waals surface area contributed by atoms with Crippen LogP contribution in [0.5, 0.6) is 0 Å². The van der Waals surface area contributed by atoms with Gasteiger partial charge in [0, 0.05) is 45.0 Å². The highest BCUT2D eigenvalue weighted by Gasteiger charge is 2.27. The normalized spacial score (nSPS) is 18.0. The van der Waals surface area contributed by atoms with Crippen molar-refractivity contribution in [1.82, 2.24) is 15.6 Å². The molecule has 1 atom stereocenters. The fourth-order valence-corrected chi connectivity index (χ4v) is 2.74. The first kappa shape index (κ1) is 21.2. The summed E-state index contributed by atoms with van der Waals surface area (Å²) in [7, 11) is 0. The maximum atomic E-state index is 13.9. The molecule has 2 rings (SSSR count). The van der Waals surface area contributed by atoms with E-state index < -0.39 is 12.8 Å². The SMILES string of the molecule is CCNC(=NCCCOCC(F)(F)F)NC1CCN(c2ncccc2F)C1. The Labute approximate surface area is 156 Å². The molecule has 1 saturated heterocycles. The number of hydrogen-bond donors (Lipinski definition) is 2. The van der Waals surface area contributed by atoms with Crippen LogP contribution < -0.4 is 15.5 Å². The predicted octanol–water partition coefficient (Wildman–Crippen LogP) is 2.32. The standard InChI is InChI=1S/C17H25F4N5O/c1-2-22-16(24-8-4-10-27-12-17(19,20)21)25-13-6-9-26(11-13)15-14(18)5-3-7-23-15/h3,5,7,13H,2,4,6,8-12H2,1H3,(H2,22,24,25). The van der Waals surface area contributed by atoms with Gasteiger partial charge in [0.25, 0.3) is 0 Å². The van der Waals surface area contributed by atoms with Gasteiger partial charge in [0.1, 0.15) is 6.61 Å². The van der Waals surface area contributed by atoms with Crippen LogP contribution >= 0.6 is 0 Å². The van der Waals surface area contributed by atoms with E-state index in [9.17, 15) is 17.6 Å². The summed E-state index contributed by atoms with van der Waals surface area (Å²) in [6.45, 7) is 2.95. The maximum Gasteiger partial charge on any atom is 0.411 e. The number of aromatic nitrogens is 1. The minimum atomic E-state index is -4.30. The fraction of sp³-hybridized carbons (Fsp3) is 0.647. The van der Waals surface area contributed by atoms with Crippen LogP contribution in [0, 0.1) is 5.82 Å². The van der Waals surface area contributed by atoms with Crippen LogP contribution in [0.15, 0.2) is 23.3 Å². The molecular weight excluding hydrogens is 366 g/mol. The zero-order chi connectivity index (χ0) is 19.7. The van der Waals surface area contributed by atoms with Crippen LogP contribution in [0.4, 0.5) is 23.4 Å². The van der Waals surface area contributed by atoms with Gasteiger partial charge in [-0.15, -0.1) is 0 Å². The van der Waals surface area contributed by atoms with Crippen molar-refractivity contribution in [3.63, 3.8) is 0 Å². The Bertz CT molecular complexity index is 611. The summed E-state index contributed by atoms with van der Waals surface area (Å²) < 4.78 is 54.4. The Morgan fingerprint density at radius 2 is 2.26 bits per heavy atom. The van der Waals surface area contributed by atoms with Crippen LogP contribution in [0.25, 0.3) is 0 Å². The van der Waals surface area contributed by atoms with Gasteiger partial charge in [-0.1, -0.05) is 0 Å². The van der Waals surface area contributed by atoms with Crippen molar-refractivity contribution in [2.24, 2.45) is 4.99 Å². The molecule has 1 unspecified atom stereocenters. The first-order valence-corrected chi connectivity index (χ1v) is 8.94. The minimum absolute atomic E-state index is 0.00141. The Balaban J connectivity index is 1.77. The topological polar surface area (TPSA) is 61.8 Å². The van der Waals surface area contributed by atoms with Crippen molar-refractivity contribution in [2.45, 2.75) is 32.0 Å². The zero-order valence-electron chi connectivity index (χ0n) is 15.2. The van der Waals surface area contributed by atoms with E-state index in [0.717, 1.165) is 6.42 Å². The number of anilines is 1. The number of rotatable bonds is 8. The molecule has 1 aliphatic heterocycles. The second-order valence-corrected chi connectivity index (χ2v) is 6.17. The molecule has 27 heavy (non-hydrogen) atoms. The Morgan fingerprint density at radius 3 is 2.96 bits per heavy atom. The van der Waals surface area contributed by atoms with Gasteiger partial charge in [0.05, 0.1) is 0 Å². The molecule has 0 radical (unpaired) electrons. The summed E-state index contributed by atoms with van der Waals surface area (Å²) in [4.78, 5) is 10.3. The minimum Gasteiger partial charge on any atom is -0.372 e. The van der Waals surface area contributed by atoms with E-state index in [4.69, 9.17) is 0 Å². The lowest BCUT2D eigenvalue weighted by atomic mass is 10.3. The van der Waals surface area contributed by atoms with Crippen molar-refractivity contribution in [1.29, 1.82) is 0 Å². The van der Waals surface area contributed by atoms with Crippen LogP contribution in [-0.4, -0.2) is 62.6 Å². The van der Waals surface area contributed by atoms with Crippen LogP contribution in [-0.2, 0) is 4.74 Å². The van der Waals surface area contributed by atoms with Crippen molar-refractivity contribution >= 4 is 11.8 Å². The molecule has 1 aromatic rings. The van der Waals surface area contributed by atoms with Crippen LogP contribution in [0.3, 0.4) is 0 Å². The first-order valence-electron chi connectivity index (χ1n) is 8.94. The third-order valence-electron chi connectivity index (χ3n) is 3.89. The van der Waals surface area contributed by atoms with Gasteiger partial charge in [-0.05, 0) is 31.9 Å². The van der Waals surface area contributed by atoms with E-state index in [-0.39, 0.29) is 18.5 Å². The van der Waals surface area contributed by atoms with E-state index >= 15 is 0 Å². The summed E-state index contributed by atoms with van der Waals surface area (Å²) in [6.07, 6.45) is -1.55. The number of nitrogens with zero attached hydrogens (tertiary/aromatic N) is 3. The van der Waals surface area contributed by atoms with Crippen LogP contribution in [0.1, 0.15) is 19.8 Å². The van der Waals surface area contributed by atoms with Gasteiger partial charge in [0.2, 0.25) is 0 Å². The Kier molecular flexibility index (Phi) is 8.08. The van der Waals surface area contributed by atoms with Crippen molar-refractivity contribution < 1.29 is 22.3 Å². The molecule has 0 aromatic carbocycles. The highest BCUT2D eigenvalue weighted by atomic mass is 19.4. The third-order valence-corrected chi connectivity index (χ3v) is 3.89. The van der Waals surface area contributed by atoms with Crippen LogP contribution in [0.2, 0.25) is 0 Å². The number of pyridine rings is 1. The molecule has 0 saturated carbocycles. The Morgan fingerprint density at radius 1 is 1.44 bits per heavy atom.